The summed E-state index contributed by atoms with van der Waals surface area (Å²) in [5.74, 6) is -0.741. The maximum absolute atomic E-state index is 13.9. The second kappa shape index (κ2) is 5.50. The van der Waals surface area contributed by atoms with Crippen LogP contribution in [0.25, 0.3) is 16.9 Å². The Hall–Kier alpha value is -3.27. The summed E-state index contributed by atoms with van der Waals surface area (Å²) in [5, 5.41) is 13.0. The number of carbonyl (C=O) groups is 1. The van der Waals surface area contributed by atoms with Gasteiger partial charge in [0.1, 0.15) is 18.2 Å². The van der Waals surface area contributed by atoms with E-state index < -0.39 is 5.82 Å². The van der Waals surface area contributed by atoms with Crippen LogP contribution < -0.4 is 4.90 Å². The average Bonchev–Trinajstić information content (AvgIpc) is 3.01. The van der Waals surface area contributed by atoms with Crippen LogP contribution in [0.4, 0.5) is 10.1 Å². The van der Waals surface area contributed by atoms with E-state index >= 15 is 0 Å². The highest BCUT2D eigenvalue weighted by Gasteiger charge is 2.14. The van der Waals surface area contributed by atoms with Gasteiger partial charge in [-0.05, 0) is 18.2 Å². The first-order valence-corrected chi connectivity index (χ1v) is 6.79. The van der Waals surface area contributed by atoms with Gasteiger partial charge in [-0.25, -0.2) is 13.9 Å². The molecule has 2 heterocycles. The lowest BCUT2D eigenvalue weighted by Crippen LogP contribution is -2.23. The summed E-state index contributed by atoms with van der Waals surface area (Å²) in [6.07, 6.45) is 1.39. The van der Waals surface area contributed by atoms with Gasteiger partial charge in [-0.2, -0.15) is 10.4 Å². The van der Waals surface area contributed by atoms with Crippen molar-refractivity contribution in [2.45, 2.75) is 6.92 Å². The largest absolute Gasteiger partial charge is 0.316 e. The highest BCUT2D eigenvalue weighted by Crippen LogP contribution is 2.27. The Morgan fingerprint density at radius 2 is 2.13 bits per heavy atom. The second-order valence-corrected chi connectivity index (χ2v) is 5.01. The number of amides is 1. The molecule has 0 atom stereocenters. The Kier molecular flexibility index (Phi) is 3.50. The summed E-state index contributed by atoms with van der Waals surface area (Å²) in [6.45, 7) is 1.45. The zero-order valence-electron chi connectivity index (χ0n) is 12.5. The number of hydrogen-bond acceptors (Lipinski definition) is 4. The Morgan fingerprint density at radius 1 is 1.35 bits per heavy atom. The van der Waals surface area contributed by atoms with Gasteiger partial charge < -0.3 is 4.90 Å². The summed E-state index contributed by atoms with van der Waals surface area (Å²) in [7, 11) is 1.65. The molecule has 0 aliphatic rings. The standard InChI is InChI=1S/C16H12FN5O/c1-10(23)21(2)13-6-15(22-16(7-13)19-9-20-22)11-3-4-12(8-18)14(17)5-11/h3-7,9H,1-2H3. The van der Waals surface area contributed by atoms with Crippen LogP contribution in [-0.4, -0.2) is 27.6 Å². The minimum Gasteiger partial charge on any atom is -0.316 e. The molecule has 0 N–H and O–H groups in total. The molecule has 0 bridgehead atoms. The van der Waals surface area contributed by atoms with Crippen LogP contribution >= 0.6 is 0 Å². The molecule has 2 aromatic heterocycles. The zero-order chi connectivity index (χ0) is 16.6. The first-order chi connectivity index (χ1) is 11.0. The molecule has 0 aliphatic heterocycles. The smallest absolute Gasteiger partial charge is 0.223 e. The van der Waals surface area contributed by atoms with Crippen molar-refractivity contribution in [3.63, 3.8) is 0 Å². The number of nitriles is 1. The van der Waals surface area contributed by atoms with E-state index in [1.807, 2.05) is 0 Å². The summed E-state index contributed by atoms with van der Waals surface area (Å²) < 4.78 is 15.5. The molecule has 1 aromatic carbocycles. The number of anilines is 1. The molecule has 3 aromatic rings. The molecule has 0 aliphatic carbocycles. The molecule has 23 heavy (non-hydrogen) atoms. The Labute approximate surface area is 131 Å². The third kappa shape index (κ3) is 2.51. The normalized spacial score (nSPS) is 10.5. The van der Waals surface area contributed by atoms with Crippen molar-refractivity contribution in [1.29, 1.82) is 5.26 Å². The lowest BCUT2D eigenvalue weighted by Gasteiger charge is -2.17. The van der Waals surface area contributed by atoms with Crippen molar-refractivity contribution in [1.82, 2.24) is 14.6 Å². The van der Waals surface area contributed by atoms with Gasteiger partial charge in [0.15, 0.2) is 5.65 Å². The lowest BCUT2D eigenvalue weighted by atomic mass is 10.1. The van der Waals surface area contributed by atoms with Crippen LogP contribution in [0.3, 0.4) is 0 Å². The molecule has 7 heteroatoms. The van der Waals surface area contributed by atoms with E-state index in [9.17, 15) is 9.18 Å². The maximum Gasteiger partial charge on any atom is 0.223 e. The number of nitrogens with zero attached hydrogens (tertiary/aromatic N) is 5. The molecule has 0 radical (unpaired) electrons. The number of rotatable bonds is 2. The summed E-state index contributed by atoms with van der Waals surface area (Å²) in [5.41, 5.74) is 2.25. The van der Waals surface area contributed by atoms with Crippen LogP contribution in [0.2, 0.25) is 0 Å². The van der Waals surface area contributed by atoms with Crippen LogP contribution in [0, 0.1) is 17.1 Å². The predicted molar refractivity (Wildman–Crippen MR) is 82.2 cm³/mol. The topological polar surface area (TPSA) is 74.3 Å². The van der Waals surface area contributed by atoms with Crippen molar-refractivity contribution in [3.05, 3.63) is 48.0 Å². The number of carbonyl (C=O) groups excluding carboxylic acids is 1. The van der Waals surface area contributed by atoms with E-state index in [1.165, 1.54) is 30.3 Å². The first kappa shape index (κ1) is 14.7. The zero-order valence-corrected chi connectivity index (χ0v) is 12.5. The first-order valence-electron chi connectivity index (χ1n) is 6.79. The summed E-state index contributed by atoms with van der Waals surface area (Å²) in [6, 6.07) is 9.55. The second-order valence-electron chi connectivity index (χ2n) is 5.01. The number of fused-ring (bicyclic) bond motifs is 1. The molecule has 6 nitrogen and oxygen atoms in total. The maximum atomic E-state index is 13.9. The van der Waals surface area contributed by atoms with Crippen molar-refractivity contribution >= 4 is 17.2 Å². The number of halogens is 1. The van der Waals surface area contributed by atoms with Gasteiger partial charge in [0.25, 0.3) is 0 Å². The van der Waals surface area contributed by atoms with E-state index in [0.29, 0.717) is 22.6 Å². The lowest BCUT2D eigenvalue weighted by molar-refractivity contribution is -0.116. The average molecular weight is 309 g/mol. The Morgan fingerprint density at radius 3 is 2.78 bits per heavy atom. The molecule has 0 saturated heterocycles. The number of benzene rings is 1. The number of pyridine rings is 1. The highest BCUT2D eigenvalue weighted by molar-refractivity contribution is 5.92. The summed E-state index contributed by atoms with van der Waals surface area (Å²) in [4.78, 5) is 17.2. The fraction of sp³-hybridized carbons (Fsp3) is 0.125. The van der Waals surface area contributed by atoms with Gasteiger partial charge in [-0.15, -0.1) is 0 Å². The third-order valence-electron chi connectivity index (χ3n) is 3.61. The third-order valence-corrected chi connectivity index (χ3v) is 3.61. The van der Waals surface area contributed by atoms with Gasteiger partial charge in [0.05, 0.1) is 11.3 Å². The predicted octanol–water partition coefficient (Wildman–Crippen LogP) is 2.39. The molecular formula is C16H12FN5O. The Balaban J connectivity index is 2.24. The summed E-state index contributed by atoms with van der Waals surface area (Å²) >= 11 is 0. The van der Waals surface area contributed by atoms with Gasteiger partial charge in [-0.1, -0.05) is 6.07 Å². The van der Waals surface area contributed by atoms with Crippen LogP contribution in [0.1, 0.15) is 12.5 Å². The van der Waals surface area contributed by atoms with E-state index in [1.54, 1.807) is 35.8 Å². The van der Waals surface area contributed by atoms with E-state index in [4.69, 9.17) is 5.26 Å². The molecular weight excluding hydrogens is 297 g/mol. The van der Waals surface area contributed by atoms with Crippen molar-refractivity contribution in [3.8, 4) is 17.3 Å². The van der Waals surface area contributed by atoms with Gasteiger partial charge in [0, 0.05) is 31.3 Å². The van der Waals surface area contributed by atoms with Gasteiger partial charge >= 0.3 is 0 Å². The molecule has 114 valence electrons. The van der Waals surface area contributed by atoms with Crippen LogP contribution in [0.5, 0.6) is 0 Å². The molecule has 3 rings (SSSR count). The molecule has 1 amide bonds. The number of aromatic nitrogens is 3. The van der Waals surface area contributed by atoms with Crippen LogP contribution in [-0.2, 0) is 4.79 Å². The monoisotopic (exact) mass is 309 g/mol. The quantitative estimate of drug-likeness (QED) is 0.728. The number of hydrogen-bond donors (Lipinski definition) is 0. The van der Waals surface area contributed by atoms with E-state index in [2.05, 4.69) is 10.1 Å². The fourth-order valence-corrected chi connectivity index (χ4v) is 2.26. The highest BCUT2D eigenvalue weighted by atomic mass is 19.1. The fourth-order valence-electron chi connectivity index (χ4n) is 2.26. The van der Waals surface area contributed by atoms with E-state index in [-0.39, 0.29) is 11.5 Å². The minimum absolute atomic E-state index is 0.0272. The molecule has 0 unspecified atom stereocenters. The Bertz CT molecular complexity index is 957. The molecule has 0 spiro atoms. The SMILES string of the molecule is CC(=O)N(C)c1cc(-c2ccc(C#N)c(F)c2)n2ncnc2c1. The minimum atomic E-state index is -0.608. The van der Waals surface area contributed by atoms with Gasteiger partial charge in [0.2, 0.25) is 5.91 Å². The van der Waals surface area contributed by atoms with Gasteiger partial charge in [-0.3, -0.25) is 4.79 Å². The van der Waals surface area contributed by atoms with Crippen LogP contribution in [0.15, 0.2) is 36.7 Å². The van der Waals surface area contributed by atoms with Crippen molar-refractivity contribution < 1.29 is 9.18 Å². The van der Waals surface area contributed by atoms with E-state index in [0.717, 1.165) is 0 Å². The molecule has 0 saturated carbocycles. The van der Waals surface area contributed by atoms with Crippen molar-refractivity contribution in [2.24, 2.45) is 0 Å². The van der Waals surface area contributed by atoms with Crippen molar-refractivity contribution in [2.75, 3.05) is 11.9 Å². The molecule has 0 fully saturated rings.